The van der Waals surface area contributed by atoms with Crippen molar-refractivity contribution in [3.05, 3.63) is 47.4 Å². The summed E-state index contributed by atoms with van der Waals surface area (Å²) in [6.07, 6.45) is 4.11. The normalized spacial score (nSPS) is 17.9. The molecule has 0 N–H and O–H groups in total. The molecule has 0 atom stereocenters. The third-order valence-electron chi connectivity index (χ3n) is 4.84. The number of nitrogens with zero attached hydrogens (tertiary/aromatic N) is 5. The van der Waals surface area contributed by atoms with Gasteiger partial charge in [-0.15, -0.1) is 0 Å². The number of carbonyl (C=O) groups is 2. The van der Waals surface area contributed by atoms with Crippen LogP contribution in [-0.4, -0.2) is 69.7 Å². The summed E-state index contributed by atoms with van der Waals surface area (Å²) in [6.45, 7) is 3.89. The van der Waals surface area contributed by atoms with E-state index in [1.54, 1.807) is 34.3 Å². The molecule has 0 bridgehead atoms. The molecular formula is C18H21N5O3. The third kappa shape index (κ3) is 3.20. The Labute approximate surface area is 151 Å². The van der Waals surface area contributed by atoms with E-state index in [-0.39, 0.29) is 17.7 Å². The quantitative estimate of drug-likeness (QED) is 0.799. The zero-order valence-electron chi connectivity index (χ0n) is 14.7. The molecule has 4 heterocycles. The zero-order chi connectivity index (χ0) is 18.1. The van der Waals surface area contributed by atoms with Gasteiger partial charge in [-0.2, -0.15) is 0 Å². The Hall–Kier alpha value is -2.74. The summed E-state index contributed by atoms with van der Waals surface area (Å²) in [5.74, 6) is 0.445. The average molecular weight is 355 g/mol. The molecule has 8 heteroatoms. The highest BCUT2D eigenvalue weighted by atomic mass is 16.4. The molecule has 2 aliphatic heterocycles. The summed E-state index contributed by atoms with van der Waals surface area (Å²) < 4.78 is 5.70. The minimum atomic E-state index is -0.167. The predicted molar refractivity (Wildman–Crippen MR) is 92.3 cm³/mol. The van der Waals surface area contributed by atoms with Gasteiger partial charge in [0.25, 0.3) is 11.8 Å². The van der Waals surface area contributed by atoms with Gasteiger partial charge >= 0.3 is 5.91 Å². The van der Waals surface area contributed by atoms with Crippen molar-refractivity contribution in [3.8, 4) is 0 Å². The number of aromatic nitrogens is 2. The molecule has 0 aliphatic carbocycles. The summed E-state index contributed by atoms with van der Waals surface area (Å²) in [6, 6.07) is 3.46. The number of amides is 2. The van der Waals surface area contributed by atoms with E-state index in [1.165, 1.54) is 0 Å². The molecule has 2 amide bonds. The maximum atomic E-state index is 12.7. The molecule has 0 unspecified atom stereocenters. The van der Waals surface area contributed by atoms with Crippen molar-refractivity contribution in [1.29, 1.82) is 0 Å². The second kappa shape index (κ2) is 6.87. The van der Waals surface area contributed by atoms with Gasteiger partial charge < -0.3 is 19.1 Å². The van der Waals surface area contributed by atoms with E-state index in [9.17, 15) is 9.59 Å². The fourth-order valence-electron chi connectivity index (χ4n) is 3.33. The highest BCUT2D eigenvalue weighted by Crippen LogP contribution is 2.25. The molecule has 1 fully saturated rings. The molecule has 2 aromatic heterocycles. The molecule has 8 nitrogen and oxygen atoms in total. The van der Waals surface area contributed by atoms with E-state index in [1.807, 2.05) is 0 Å². The molecule has 2 aliphatic rings. The molecule has 0 aromatic carbocycles. The number of likely N-dealkylation sites (N-methyl/N-ethyl adjacent to an activating group) is 1. The van der Waals surface area contributed by atoms with E-state index in [2.05, 4.69) is 21.9 Å². The van der Waals surface area contributed by atoms with Crippen molar-refractivity contribution in [2.75, 3.05) is 33.2 Å². The number of hydrogen-bond donors (Lipinski definition) is 0. The first kappa shape index (κ1) is 16.7. The molecule has 2 aromatic rings. The van der Waals surface area contributed by atoms with Gasteiger partial charge in [-0.05, 0) is 32.1 Å². The Bertz CT molecular complexity index is 796. The molecule has 0 saturated carbocycles. The number of pyridine rings is 1. The first-order valence-corrected chi connectivity index (χ1v) is 8.77. The van der Waals surface area contributed by atoms with Crippen LogP contribution >= 0.6 is 0 Å². The Balaban J connectivity index is 1.44. The number of oxazole rings is 1. The fraction of sp³-hybridized carbons (Fsp3) is 0.444. The van der Waals surface area contributed by atoms with Gasteiger partial charge in [-0.1, -0.05) is 0 Å². The number of hydrogen-bond acceptors (Lipinski definition) is 6. The van der Waals surface area contributed by atoms with Crippen LogP contribution in [0.3, 0.4) is 0 Å². The maximum absolute atomic E-state index is 12.7. The second-order valence-corrected chi connectivity index (χ2v) is 6.74. The van der Waals surface area contributed by atoms with Gasteiger partial charge in [0, 0.05) is 32.0 Å². The molecule has 1 saturated heterocycles. The van der Waals surface area contributed by atoms with Crippen molar-refractivity contribution in [1.82, 2.24) is 24.7 Å². The minimum absolute atomic E-state index is 0.116. The van der Waals surface area contributed by atoms with Crippen molar-refractivity contribution >= 4 is 11.8 Å². The van der Waals surface area contributed by atoms with Gasteiger partial charge in [-0.3, -0.25) is 14.6 Å². The van der Waals surface area contributed by atoms with Crippen molar-refractivity contribution in [2.45, 2.75) is 19.5 Å². The lowest BCUT2D eigenvalue weighted by molar-refractivity contribution is 0.0709. The van der Waals surface area contributed by atoms with Gasteiger partial charge in [0.15, 0.2) is 0 Å². The van der Waals surface area contributed by atoms with E-state index < -0.39 is 0 Å². The van der Waals surface area contributed by atoms with Crippen LogP contribution in [0.5, 0.6) is 0 Å². The average Bonchev–Trinajstić information content (AvgIpc) is 3.15. The van der Waals surface area contributed by atoms with Crippen LogP contribution in [0.25, 0.3) is 0 Å². The summed E-state index contributed by atoms with van der Waals surface area (Å²) in [7, 11) is 2.06. The SMILES string of the molecule is CN1CCCN(C(=O)c2nc3c(o2)CN(C(=O)c2cccnc2)C3)CC1. The van der Waals surface area contributed by atoms with Crippen LogP contribution in [0.15, 0.2) is 28.9 Å². The van der Waals surface area contributed by atoms with E-state index in [0.717, 1.165) is 19.5 Å². The Morgan fingerprint density at radius 3 is 2.73 bits per heavy atom. The van der Waals surface area contributed by atoms with Crippen molar-refractivity contribution in [3.63, 3.8) is 0 Å². The topological polar surface area (TPSA) is 82.8 Å². The predicted octanol–water partition coefficient (Wildman–Crippen LogP) is 1.00. The fourth-order valence-corrected chi connectivity index (χ4v) is 3.33. The van der Waals surface area contributed by atoms with Crippen LogP contribution in [0.1, 0.15) is 38.9 Å². The monoisotopic (exact) mass is 355 g/mol. The minimum Gasteiger partial charge on any atom is -0.435 e. The maximum Gasteiger partial charge on any atom is 0.309 e. The lowest BCUT2D eigenvalue weighted by Crippen LogP contribution is -2.34. The van der Waals surface area contributed by atoms with E-state index >= 15 is 0 Å². The smallest absolute Gasteiger partial charge is 0.309 e. The molecule has 0 spiro atoms. The van der Waals surface area contributed by atoms with Crippen LogP contribution in [-0.2, 0) is 13.1 Å². The van der Waals surface area contributed by atoms with Gasteiger partial charge in [-0.25, -0.2) is 4.98 Å². The van der Waals surface area contributed by atoms with Crippen LogP contribution in [0.4, 0.5) is 0 Å². The highest BCUT2D eigenvalue weighted by molar-refractivity contribution is 5.94. The summed E-state index contributed by atoms with van der Waals surface area (Å²) in [4.78, 5) is 39.1. The van der Waals surface area contributed by atoms with Gasteiger partial charge in [0.2, 0.25) is 0 Å². The standard InChI is InChI=1S/C18H21N5O3/c1-21-6-3-7-22(9-8-21)18(25)16-20-14-11-23(12-15(14)26-16)17(24)13-4-2-5-19-10-13/h2,4-5,10H,3,6-9,11-12H2,1H3. The van der Waals surface area contributed by atoms with E-state index in [4.69, 9.17) is 4.42 Å². The number of rotatable bonds is 2. The van der Waals surface area contributed by atoms with Crippen molar-refractivity contribution in [2.24, 2.45) is 0 Å². The largest absolute Gasteiger partial charge is 0.435 e. The lowest BCUT2D eigenvalue weighted by Gasteiger charge is -2.19. The molecule has 0 radical (unpaired) electrons. The molecular weight excluding hydrogens is 334 g/mol. The second-order valence-electron chi connectivity index (χ2n) is 6.74. The Morgan fingerprint density at radius 1 is 1.08 bits per heavy atom. The number of fused-ring (bicyclic) bond motifs is 1. The Kier molecular flexibility index (Phi) is 4.42. The molecule has 26 heavy (non-hydrogen) atoms. The van der Waals surface area contributed by atoms with Crippen molar-refractivity contribution < 1.29 is 14.0 Å². The zero-order valence-corrected chi connectivity index (χ0v) is 14.7. The molecule has 4 rings (SSSR count). The Morgan fingerprint density at radius 2 is 1.96 bits per heavy atom. The number of carbonyl (C=O) groups excluding carboxylic acids is 2. The van der Waals surface area contributed by atoms with Gasteiger partial charge in [0.05, 0.1) is 18.7 Å². The lowest BCUT2D eigenvalue weighted by atomic mass is 10.2. The van der Waals surface area contributed by atoms with E-state index in [0.29, 0.717) is 43.2 Å². The summed E-state index contributed by atoms with van der Waals surface area (Å²) >= 11 is 0. The highest BCUT2D eigenvalue weighted by Gasteiger charge is 2.32. The van der Waals surface area contributed by atoms with Crippen LogP contribution in [0, 0.1) is 0 Å². The molecule has 136 valence electrons. The third-order valence-corrected chi connectivity index (χ3v) is 4.84. The van der Waals surface area contributed by atoms with Crippen LogP contribution < -0.4 is 0 Å². The summed E-state index contributed by atoms with van der Waals surface area (Å²) in [5, 5.41) is 0. The van der Waals surface area contributed by atoms with Gasteiger partial charge in [0.1, 0.15) is 11.5 Å². The first-order chi connectivity index (χ1) is 12.6. The van der Waals surface area contributed by atoms with Crippen LogP contribution in [0.2, 0.25) is 0 Å². The summed E-state index contributed by atoms with van der Waals surface area (Å²) in [5.41, 5.74) is 1.19. The first-order valence-electron chi connectivity index (χ1n) is 8.77.